The Balaban J connectivity index is 1.51. The number of ether oxygens (including phenoxy) is 1. The number of para-hydroxylation sites is 1. The predicted molar refractivity (Wildman–Crippen MR) is 132 cm³/mol. The average molecular weight is 455 g/mol. The molecule has 0 unspecified atom stereocenters. The molecule has 0 aliphatic carbocycles. The molecule has 1 aliphatic rings. The second-order valence-corrected chi connectivity index (χ2v) is 8.25. The molecule has 3 heterocycles. The van der Waals surface area contributed by atoms with Gasteiger partial charge in [0.25, 0.3) is 5.91 Å². The third-order valence-electron chi connectivity index (χ3n) is 5.91. The zero-order valence-corrected chi connectivity index (χ0v) is 18.8. The number of carbonyl (C=O) groups excluding carboxylic acids is 1. The van der Waals surface area contributed by atoms with Crippen LogP contribution in [0.25, 0.3) is 22.3 Å². The summed E-state index contributed by atoms with van der Waals surface area (Å²) >= 11 is 0. The summed E-state index contributed by atoms with van der Waals surface area (Å²) in [5, 5.41) is 4.08. The third-order valence-corrected chi connectivity index (χ3v) is 5.91. The molecule has 2 aromatic carbocycles. The highest BCUT2D eigenvalue weighted by Gasteiger charge is 2.15. The molecule has 1 saturated heterocycles. The van der Waals surface area contributed by atoms with Gasteiger partial charge in [-0.1, -0.05) is 12.1 Å². The standard InChI is InChI=1S/C26H26N6O2/c27-24(33)20-7-1-2-8-22(20)30-26-21-16-19(34-15-14-32-12-3-4-13-32)9-10-23(21)29-25(31-26)18-6-5-11-28-17-18/h1-2,5-11,16-17H,3-4,12-15H2,(H2,27,33)(H,29,30,31). The normalized spacial score (nSPS) is 13.8. The number of aromatic nitrogens is 3. The highest BCUT2D eigenvalue weighted by Crippen LogP contribution is 2.31. The SMILES string of the molecule is NC(=O)c1ccccc1Nc1nc(-c2cccnc2)nc2ccc(OCCN3CCCC3)cc12. The van der Waals surface area contributed by atoms with Gasteiger partial charge in [0.2, 0.25) is 0 Å². The van der Waals surface area contributed by atoms with Gasteiger partial charge in [-0.3, -0.25) is 14.7 Å². The molecule has 34 heavy (non-hydrogen) atoms. The zero-order chi connectivity index (χ0) is 23.3. The molecule has 0 saturated carbocycles. The fraction of sp³-hybridized carbons (Fsp3) is 0.231. The quantitative estimate of drug-likeness (QED) is 0.414. The molecule has 172 valence electrons. The molecule has 0 atom stereocenters. The van der Waals surface area contributed by atoms with Crippen molar-refractivity contribution in [3.05, 3.63) is 72.6 Å². The Morgan fingerprint density at radius 2 is 1.91 bits per heavy atom. The first-order chi connectivity index (χ1) is 16.7. The fourth-order valence-electron chi connectivity index (χ4n) is 4.15. The van der Waals surface area contributed by atoms with Gasteiger partial charge in [0.05, 0.1) is 16.8 Å². The van der Waals surface area contributed by atoms with E-state index in [-0.39, 0.29) is 0 Å². The number of likely N-dealkylation sites (tertiary alicyclic amines) is 1. The average Bonchev–Trinajstić information content (AvgIpc) is 3.38. The number of primary amides is 1. The van der Waals surface area contributed by atoms with Crippen molar-refractivity contribution in [3.8, 4) is 17.1 Å². The molecule has 0 bridgehead atoms. The van der Waals surface area contributed by atoms with Crippen molar-refractivity contribution in [2.24, 2.45) is 5.73 Å². The number of amides is 1. The molecule has 3 N–H and O–H groups in total. The molecule has 0 radical (unpaired) electrons. The van der Waals surface area contributed by atoms with Crippen molar-refractivity contribution in [2.75, 3.05) is 31.6 Å². The Hall–Kier alpha value is -4.04. The number of benzene rings is 2. The summed E-state index contributed by atoms with van der Waals surface area (Å²) < 4.78 is 6.05. The molecule has 1 aliphatic heterocycles. The van der Waals surface area contributed by atoms with Gasteiger partial charge in [-0.2, -0.15) is 0 Å². The number of anilines is 2. The lowest BCUT2D eigenvalue weighted by Crippen LogP contribution is -2.25. The van der Waals surface area contributed by atoms with E-state index < -0.39 is 5.91 Å². The molecule has 4 aromatic rings. The summed E-state index contributed by atoms with van der Waals surface area (Å²) in [7, 11) is 0. The van der Waals surface area contributed by atoms with E-state index in [1.807, 2.05) is 36.4 Å². The van der Waals surface area contributed by atoms with Crippen molar-refractivity contribution in [1.29, 1.82) is 0 Å². The second-order valence-electron chi connectivity index (χ2n) is 8.25. The van der Waals surface area contributed by atoms with Gasteiger partial charge in [0.15, 0.2) is 5.82 Å². The summed E-state index contributed by atoms with van der Waals surface area (Å²) in [4.78, 5) is 28.1. The minimum absolute atomic E-state index is 0.384. The monoisotopic (exact) mass is 454 g/mol. The van der Waals surface area contributed by atoms with Gasteiger partial charge < -0.3 is 15.8 Å². The fourth-order valence-corrected chi connectivity index (χ4v) is 4.15. The van der Waals surface area contributed by atoms with Crippen LogP contribution in [0.1, 0.15) is 23.2 Å². The van der Waals surface area contributed by atoms with Gasteiger partial charge in [-0.05, 0) is 68.4 Å². The molecule has 8 nitrogen and oxygen atoms in total. The number of hydrogen-bond donors (Lipinski definition) is 2. The van der Waals surface area contributed by atoms with Crippen LogP contribution in [0.2, 0.25) is 0 Å². The molecule has 1 amide bonds. The van der Waals surface area contributed by atoms with E-state index in [2.05, 4.69) is 15.2 Å². The Bertz CT molecular complexity index is 1310. The molecular weight excluding hydrogens is 428 g/mol. The predicted octanol–water partition coefficient (Wildman–Crippen LogP) is 4.01. The van der Waals surface area contributed by atoms with Crippen molar-refractivity contribution < 1.29 is 9.53 Å². The van der Waals surface area contributed by atoms with Gasteiger partial charge in [0, 0.05) is 29.9 Å². The van der Waals surface area contributed by atoms with Gasteiger partial charge >= 0.3 is 0 Å². The molecule has 8 heteroatoms. The molecule has 1 fully saturated rings. The van der Waals surface area contributed by atoms with E-state index in [4.69, 9.17) is 20.4 Å². The maximum atomic E-state index is 12.0. The number of carbonyl (C=O) groups is 1. The molecular formula is C26H26N6O2. The number of hydrogen-bond acceptors (Lipinski definition) is 7. The van der Waals surface area contributed by atoms with Crippen molar-refractivity contribution in [1.82, 2.24) is 19.9 Å². The van der Waals surface area contributed by atoms with Gasteiger partial charge in [-0.25, -0.2) is 9.97 Å². The zero-order valence-electron chi connectivity index (χ0n) is 18.8. The first-order valence-electron chi connectivity index (χ1n) is 11.4. The van der Waals surface area contributed by atoms with Crippen LogP contribution in [-0.2, 0) is 0 Å². The molecule has 0 spiro atoms. The van der Waals surface area contributed by atoms with Crippen molar-refractivity contribution in [2.45, 2.75) is 12.8 Å². The van der Waals surface area contributed by atoms with Crippen LogP contribution in [0.5, 0.6) is 5.75 Å². The lowest BCUT2D eigenvalue weighted by molar-refractivity contribution is 0.100. The number of nitrogens with zero attached hydrogens (tertiary/aromatic N) is 4. The topological polar surface area (TPSA) is 106 Å². The van der Waals surface area contributed by atoms with E-state index in [0.29, 0.717) is 29.5 Å². The minimum atomic E-state index is -0.514. The second kappa shape index (κ2) is 9.84. The summed E-state index contributed by atoms with van der Waals surface area (Å²) in [6.45, 7) is 3.80. The summed E-state index contributed by atoms with van der Waals surface area (Å²) in [5.41, 5.74) is 8.09. The number of nitrogens with one attached hydrogen (secondary N) is 1. The largest absolute Gasteiger partial charge is 0.492 e. The lowest BCUT2D eigenvalue weighted by Gasteiger charge is -2.16. The Kier molecular flexibility index (Phi) is 6.31. The van der Waals surface area contributed by atoms with E-state index in [9.17, 15) is 4.79 Å². The van der Waals surface area contributed by atoms with E-state index in [1.54, 1.807) is 30.6 Å². The van der Waals surface area contributed by atoms with Gasteiger partial charge in [0.1, 0.15) is 18.2 Å². The van der Waals surface area contributed by atoms with Crippen LogP contribution in [-0.4, -0.2) is 52.0 Å². The summed E-state index contributed by atoms with van der Waals surface area (Å²) in [6.07, 6.45) is 5.94. The van der Waals surface area contributed by atoms with E-state index in [0.717, 1.165) is 41.9 Å². The highest BCUT2D eigenvalue weighted by atomic mass is 16.5. The summed E-state index contributed by atoms with van der Waals surface area (Å²) in [5.74, 6) is 1.32. The van der Waals surface area contributed by atoms with Crippen LogP contribution < -0.4 is 15.8 Å². The molecule has 5 rings (SSSR count). The maximum Gasteiger partial charge on any atom is 0.250 e. The van der Waals surface area contributed by atoms with Crippen LogP contribution >= 0.6 is 0 Å². The lowest BCUT2D eigenvalue weighted by atomic mass is 10.1. The Morgan fingerprint density at radius 1 is 1.06 bits per heavy atom. The number of nitrogens with two attached hydrogens (primary N) is 1. The first-order valence-corrected chi connectivity index (χ1v) is 11.4. The Labute approximate surface area is 197 Å². The van der Waals surface area contributed by atoms with Crippen molar-refractivity contribution >= 4 is 28.3 Å². The van der Waals surface area contributed by atoms with E-state index >= 15 is 0 Å². The van der Waals surface area contributed by atoms with Crippen LogP contribution in [0, 0.1) is 0 Å². The Morgan fingerprint density at radius 3 is 2.71 bits per heavy atom. The van der Waals surface area contributed by atoms with E-state index in [1.165, 1.54) is 12.8 Å². The molecule has 2 aromatic heterocycles. The number of fused-ring (bicyclic) bond motifs is 1. The first kappa shape index (κ1) is 21.8. The maximum absolute atomic E-state index is 12.0. The number of rotatable bonds is 8. The minimum Gasteiger partial charge on any atom is -0.492 e. The van der Waals surface area contributed by atoms with Gasteiger partial charge in [-0.15, -0.1) is 0 Å². The highest BCUT2D eigenvalue weighted by molar-refractivity contribution is 6.01. The number of pyridine rings is 1. The van der Waals surface area contributed by atoms with Crippen LogP contribution in [0.15, 0.2) is 67.0 Å². The smallest absolute Gasteiger partial charge is 0.250 e. The third kappa shape index (κ3) is 4.82. The summed E-state index contributed by atoms with van der Waals surface area (Å²) in [6, 6.07) is 16.6. The van der Waals surface area contributed by atoms with Crippen molar-refractivity contribution in [3.63, 3.8) is 0 Å². The van der Waals surface area contributed by atoms with Crippen LogP contribution in [0.4, 0.5) is 11.5 Å². The van der Waals surface area contributed by atoms with Crippen LogP contribution in [0.3, 0.4) is 0 Å².